The van der Waals surface area contributed by atoms with Gasteiger partial charge in [-0.1, -0.05) is 0 Å². The molecule has 1 aliphatic carbocycles. The molecule has 92 valence electrons. The summed E-state index contributed by atoms with van der Waals surface area (Å²) in [5.41, 5.74) is 0. The Balaban J connectivity index is 1.81. The number of rotatable bonds is 3. The first-order chi connectivity index (χ1) is 7.81. The minimum absolute atomic E-state index is 0.296. The zero-order valence-electron chi connectivity index (χ0n) is 10.2. The summed E-state index contributed by atoms with van der Waals surface area (Å²) in [5.74, 6) is 1.16. The molecule has 1 aliphatic heterocycles. The molecule has 2 aliphatic rings. The van der Waals surface area contributed by atoms with Crippen molar-refractivity contribution >= 4 is 5.78 Å². The number of carbonyl (C=O) groups is 1. The van der Waals surface area contributed by atoms with Gasteiger partial charge >= 0.3 is 0 Å². The van der Waals surface area contributed by atoms with Gasteiger partial charge in [0.05, 0.1) is 0 Å². The maximum Gasteiger partial charge on any atom is 0.139 e. The highest BCUT2D eigenvalue weighted by Crippen LogP contribution is 2.29. The Hall–Kier alpha value is -0.410. The normalized spacial score (nSPS) is 32.6. The van der Waals surface area contributed by atoms with E-state index in [0.29, 0.717) is 23.7 Å². The van der Waals surface area contributed by atoms with Crippen LogP contribution in [0.1, 0.15) is 38.5 Å². The van der Waals surface area contributed by atoms with Gasteiger partial charge in [0.1, 0.15) is 5.78 Å². The minimum Gasteiger partial charge on any atom is -0.381 e. The van der Waals surface area contributed by atoms with Crippen LogP contribution in [0.3, 0.4) is 0 Å². The van der Waals surface area contributed by atoms with E-state index < -0.39 is 0 Å². The fourth-order valence-corrected chi connectivity index (χ4v) is 2.98. The first-order valence-electron chi connectivity index (χ1n) is 6.60. The lowest BCUT2D eigenvalue weighted by Gasteiger charge is -2.31. The van der Waals surface area contributed by atoms with Crippen molar-refractivity contribution in [3.8, 4) is 0 Å². The van der Waals surface area contributed by atoms with Crippen molar-refractivity contribution in [2.24, 2.45) is 11.8 Å². The molecule has 0 aromatic rings. The second-order valence-corrected chi connectivity index (χ2v) is 5.13. The van der Waals surface area contributed by atoms with E-state index in [0.717, 1.165) is 51.7 Å². The van der Waals surface area contributed by atoms with Crippen LogP contribution < -0.4 is 5.32 Å². The van der Waals surface area contributed by atoms with Crippen molar-refractivity contribution in [2.45, 2.75) is 44.6 Å². The zero-order chi connectivity index (χ0) is 11.4. The molecule has 2 fully saturated rings. The molecule has 0 spiro atoms. The molecule has 0 aromatic carbocycles. The molecule has 0 radical (unpaired) electrons. The third-order valence-electron chi connectivity index (χ3n) is 4.16. The zero-order valence-corrected chi connectivity index (χ0v) is 10.2. The van der Waals surface area contributed by atoms with Gasteiger partial charge in [0.25, 0.3) is 0 Å². The Bertz CT molecular complexity index is 228. The van der Waals surface area contributed by atoms with Crippen LogP contribution in [-0.2, 0) is 9.53 Å². The summed E-state index contributed by atoms with van der Waals surface area (Å²) in [7, 11) is 2.02. The van der Waals surface area contributed by atoms with Crippen LogP contribution in [0.5, 0.6) is 0 Å². The third kappa shape index (κ3) is 2.83. The Kier molecular flexibility index (Phi) is 4.36. The van der Waals surface area contributed by atoms with E-state index in [1.54, 1.807) is 0 Å². The maximum absolute atomic E-state index is 12.3. The topological polar surface area (TPSA) is 38.3 Å². The fraction of sp³-hybridized carbons (Fsp3) is 0.923. The van der Waals surface area contributed by atoms with Gasteiger partial charge in [0.15, 0.2) is 0 Å². The summed E-state index contributed by atoms with van der Waals surface area (Å²) >= 11 is 0. The van der Waals surface area contributed by atoms with E-state index in [-0.39, 0.29) is 0 Å². The summed E-state index contributed by atoms with van der Waals surface area (Å²) < 4.78 is 5.31. The van der Waals surface area contributed by atoms with Gasteiger partial charge in [0.2, 0.25) is 0 Å². The average Bonchev–Trinajstić information content (AvgIpc) is 2.39. The number of Topliss-reactive ketones (excluding diaryl/α,β-unsaturated/α-hetero) is 1. The molecule has 3 heteroatoms. The Labute approximate surface area is 97.9 Å². The molecule has 1 saturated heterocycles. The van der Waals surface area contributed by atoms with E-state index in [4.69, 9.17) is 4.74 Å². The number of carbonyl (C=O) groups excluding carboxylic acids is 1. The van der Waals surface area contributed by atoms with Crippen LogP contribution in [0.15, 0.2) is 0 Å². The molecule has 0 amide bonds. The van der Waals surface area contributed by atoms with E-state index in [1.165, 1.54) is 0 Å². The van der Waals surface area contributed by atoms with Crippen LogP contribution in [0, 0.1) is 11.8 Å². The van der Waals surface area contributed by atoms with Crippen molar-refractivity contribution in [2.75, 3.05) is 20.3 Å². The van der Waals surface area contributed by atoms with Gasteiger partial charge in [-0.2, -0.15) is 0 Å². The van der Waals surface area contributed by atoms with E-state index in [1.807, 2.05) is 7.05 Å². The minimum atomic E-state index is 0.296. The van der Waals surface area contributed by atoms with Crippen molar-refractivity contribution in [1.29, 1.82) is 0 Å². The number of hydrogen-bond donors (Lipinski definition) is 1. The predicted octanol–water partition coefficient (Wildman–Crippen LogP) is 1.76. The molecular formula is C13H23NO2. The number of hydrogen-bond acceptors (Lipinski definition) is 3. The first-order valence-corrected chi connectivity index (χ1v) is 6.60. The molecule has 1 heterocycles. The average molecular weight is 225 g/mol. The fourth-order valence-electron chi connectivity index (χ4n) is 2.98. The lowest BCUT2D eigenvalue weighted by molar-refractivity contribution is -0.130. The highest BCUT2D eigenvalue weighted by Gasteiger charge is 2.31. The van der Waals surface area contributed by atoms with Crippen molar-refractivity contribution in [3.63, 3.8) is 0 Å². The van der Waals surface area contributed by atoms with Gasteiger partial charge in [-0.15, -0.1) is 0 Å². The van der Waals surface area contributed by atoms with Crippen LogP contribution in [0.25, 0.3) is 0 Å². The van der Waals surface area contributed by atoms with E-state index >= 15 is 0 Å². The molecule has 1 N–H and O–H groups in total. The monoisotopic (exact) mass is 225 g/mol. The SMILES string of the molecule is CNC1CCC(C(=O)C2CCOCC2)CC1. The van der Waals surface area contributed by atoms with Crippen molar-refractivity contribution in [1.82, 2.24) is 5.32 Å². The maximum atomic E-state index is 12.3. The first kappa shape index (κ1) is 12.1. The van der Waals surface area contributed by atoms with Crippen LogP contribution in [0.4, 0.5) is 0 Å². The third-order valence-corrected chi connectivity index (χ3v) is 4.16. The number of ether oxygens (including phenoxy) is 1. The number of nitrogens with one attached hydrogen (secondary N) is 1. The molecule has 3 nitrogen and oxygen atoms in total. The second-order valence-electron chi connectivity index (χ2n) is 5.13. The van der Waals surface area contributed by atoms with Gasteiger partial charge in [-0.25, -0.2) is 0 Å². The number of ketones is 1. The summed E-state index contributed by atoms with van der Waals surface area (Å²) in [6, 6.07) is 0.638. The Morgan fingerprint density at radius 3 is 2.12 bits per heavy atom. The summed E-state index contributed by atoms with van der Waals surface area (Å²) in [4.78, 5) is 12.3. The van der Waals surface area contributed by atoms with Gasteiger partial charge in [0, 0.05) is 31.1 Å². The molecule has 0 atom stereocenters. The second kappa shape index (κ2) is 5.78. The van der Waals surface area contributed by atoms with Crippen LogP contribution in [-0.4, -0.2) is 32.1 Å². The van der Waals surface area contributed by atoms with Crippen molar-refractivity contribution in [3.05, 3.63) is 0 Å². The summed E-state index contributed by atoms with van der Waals surface area (Å²) in [6.07, 6.45) is 6.39. The summed E-state index contributed by atoms with van der Waals surface area (Å²) in [5, 5.41) is 3.31. The molecule has 2 rings (SSSR count). The van der Waals surface area contributed by atoms with Gasteiger partial charge in [-0.05, 0) is 45.6 Å². The predicted molar refractivity (Wildman–Crippen MR) is 63.4 cm³/mol. The van der Waals surface area contributed by atoms with Gasteiger partial charge in [-0.3, -0.25) is 4.79 Å². The molecule has 1 saturated carbocycles. The van der Waals surface area contributed by atoms with Crippen LogP contribution in [0.2, 0.25) is 0 Å². The summed E-state index contributed by atoms with van der Waals surface area (Å²) in [6.45, 7) is 1.56. The van der Waals surface area contributed by atoms with Crippen LogP contribution >= 0.6 is 0 Å². The quantitative estimate of drug-likeness (QED) is 0.795. The lowest BCUT2D eigenvalue weighted by Crippen LogP contribution is -2.35. The Morgan fingerprint density at radius 2 is 1.56 bits per heavy atom. The molecule has 16 heavy (non-hydrogen) atoms. The highest BCUT2D eigenvalue weighted by molar-refractivity contribution is 5.83. The van der Waals surface area contributed by atoms with E-state index in [9.17, 15) is 4.79 Å². The van der Waals surface area contributed by atoms with Gasteiger partial charge < -0.3 is 10.1 Å². The Morgan fingerprint density at radius 1 is 1.00 bits per heavy atom. The molecule has 0 bridgehead atoms. The molecule has 0 aromatic heterocycles. The molecule has 0 unspecified atom stereocenters. The molecular weight excluding hydrogens is 202 g/mol. The van der Waals surface area contributed by atoms with Crippen molar-refractivity contribution < 1.29 is 9.53 Å². The lowest BCUT2D eigenvalue weighted by atomic mass is 9.78. The standard InChI is InChI=1S/C13H23NO2/c1-14-12-4-2-10(3-5-12)13(15)11-6-8-16-9-7-11/h10-12,14H,2-9H2,1H3. The smallest absolute Gasteiger partial charge is 0.139 e. The largest absolute Gasteiger partial charge is 0.381 e. The highest BCUT2D eigenvalue weighted by atomic mass is 16.5. The van der Waals surface area contributed by atoms with E-state index in [2.05, 4.69) is 5.32 Å².